The van der Waals surface area contributed by atoms with E-state index in [9.17, 15) is 0 Å². The van der Waals surface area contributed by atoms with Crippen molar-refractivity contribution in [2.75, 3.05) is 11.9 Å². The van der Waals surface area contributed by atoms with Crippen molar-refractivity contribution in [3.8, 4) is 0 Å². The summed E-state index contributed by atoms with van der Waals surface area (Å²) in [5.74, 6) is 0.828. The van der Waals surface area contributed by atoms with Crippen LogP contribution < -0.4 is 5.32 Å². The van der Waals surface area contributed by atoms with Crippen LogP contribution in [0.3, 0.4) is 0 Å². The van der Waals surface area contributed by atoms with Gasteiger partial charge in [0.05, 0.1) is 5.52 Å². The summed E-state index contributed by atoms with van der Waals surface area (Å²) >= 11 is 5.96. The molecule has 1 aliphatic rings. The molecule has 0 atom stereocenters. The van der Waals surface area contributed by atoms with Gasteiger partial charge < -0.3 is 5.32 Å². The van der Waals surface area contributed by atoms with E-state index in [4.69, 9.17) is 11.6 Å². The van der Waals surface area contributed by atoms with E-state index in [2.05, 4.69) is 21.4 Å². The topological polar surface area (TPSA) is 37.8 Å². The normalized spacial score (nSPS) is 14.7. The van der Waals surface area contributed by atoms with Gasteiger partial charge in [-0.25, -0.2) is 9.97 Å². The predicted molar refractivity (Wildman–Crippen MR) is 79.6 cm³/mol. The number of nitrogens with one attached hydrogen (secondary N) is 1. The quantitative estimate of drug-likeness (QED) is 0.670. The lowest BCUT2D eigenvalue weighted by Gasteiger charge is -2.09. The van der Waals surface area contributed by atoms with Crippen LogP contribution in [0.4, 0.5) is 5.82 Å². The summed E-state index contributed by atoms with van der Waals surface area (Å²) in [4.78, 5) is 8.51. The highest BCUT2D eigenvalue weighted by molar-refractivity contribution is 6.28. The summed E-state index contributed by atoms with van der Waals surface area (Å²) in [5.41, 5.74) is 2.43. The van der Waals surface area contributed by atoms with Crippen LogP contribution in [0, 0.1) is 0 Å². The number of benzene rings is 1. The highest BCUT2D eigenvalue weighted by atomic mass is 35.5. The lowest BCUT2D eigenvalue weighted by atomic mass is 10.1. The van der Waals surface area contributed by atoms with E-state index in [0.29, 0.717) is 5.28 Å². The molecular formula is C15H16ClN3. The maximum atomic E-state index is 5.96. The van der Waals surface area contributed by atoms with Crippen molar-refractivity contribution in [1.82, 2.24) is 9.97 Å². The second kappa shape index (κ2) is 5.57. The van der Waals surface area contributed by atoms with E-state index in [1.165, 1.54) is 19.3 Å². The van der Waals surface area contributed by atoms with E-state index in [1.54, 1.807) is 5.57 Å². The van der Waals surface area contributed by atoms with Gasteiger partial charge in [-0.2, -0.15) is 0 Å². The molecule has 1 aromatic heterocycles. The standard InChI is InChI=1S/C15H16ClN3/c16-15-18-13-8-4-3-7-12(13)14(19-15)17-10-9-11-5-1-2-6-11/h3-5,7-8H,1-2,6,9-10H2,(H,17,18,19). The number of hydrogen-bond acceptors (Lipinski definition) is 3. The van der Waals surface area contributed by atoms with Gasteiger partial charge in [0.25, 0.3) is 0 Å². The number of halogens is 1. The van der Waals surface area contributed by atoms with Crippen molar-refractivity contribution >= 4 is 28.3 Å². The number of allylic oxidation sites excluding steroid dienone is 1. The van der Waals surface area contributed by atoms with Crippen LogP contribution in [0.2, 0.25) is 5.28 Å². The van der Waals surface area contributed by atoms with Crippen molar-refractivity contribution in [3.05, 3.63) is 41.2 Å². The Balaban J connectivity index is 1.76. The second-order valence-electron chi connectivity index (χ2n) is 4.79. The summed E-state index contributed by atoms with van der Waals surface area (Å²) in [6.07, 6.45) is 7.21. The van der Waals surface area contributed by atoms with E-state index in [-0.39, 0.29) is 0 Å². The Morgan fingerprint density at radius 3 is 2.95 bits per heavy atom. The van der Waals surface area contributed by atoms with Crippen molar-refractivity contribution in [2.24, 2.45) is 0 Å². The molecule has 0 aliphatic heterocycles. The predicted octanol–water partition coefficient (Wildman–Crippen LogP) is 4.20. The zero-order valence-electron chi connectivity index (χ0n) is 10.7. The fraction of sp³-hybridized carbons (Fsp3) is 0.333. The van der Waals surface area contributed by atoms with E-state index < -0.39 is 0 Å². The van der Waals surface area contributed by atoms with Gasteiger partial charge in [0.2, 0.25) is 5.28 Å². The van der Waals surface area contributed by atoms with Crippen LogP contribution in [-0.4, -0.2) is 16.5 Å². The molecule has 0 fully saturated rings. The van der Waals surface area contributed by atoms with Gasteiger partial charge >= 0.3 is 0 Å². The molecule has 2 aromatic rings. The number of aromatic nitrogens is 2. The van der Waals surface area contributed by atoms with E-state index >= 15 is 0 Å². The van der Waals surface area contributed by atoms with Gasteiger partial charge in [-0.15, -0.1) is 0 Å². The number of hydrogen-bond donors (Lipinski definition) is 1. The molecule has 3 nitrogen and oxygen atoms in total. The van der Waals surface area contributed by atoms with Gasteiger partial charge in [0, 0.05) is 11.9 Å². The van der Waals surface area contributed by atoms with Gasteiger partial charge in [0.15, 0.2) is 0 Å². The largest absolute Gasteiger partial charge is 0.369 e. The van der Waals surface area contributed by atoms with Crippen LogP contribution in [0.5, 0.6) is 0 Å². The molecule has 0 radical (unpaired) electrons. The van der Waals surface area contributed by atoms with Crippen molar-refractivity contribution in [1.29, 1.82) is 0 Å². The molecular weight excluding hydrogens is 258 g/mol. The maximum Gasteiger partial charge on any atom is 0.224 e. The third-order valence-electron chi connectivity index (χ3n) is 3.45. The third-order valence-corrected chi connectivity index (χ3v) is 3.62. The SMILES string of the molecule is Clc1nc(NCCC2=CCCC2)c2ccccc2n1. The minimum absolute atomic E-state index is 0.293. The molecule has 0 spiro atoms. The average molecular weight is 274 g/mol. The molecule has 1 heterocycles. The number of para-hydroxylation sites is 1. The molecule has 0 saturated heterocycles. The minimum atomic E-state index is 0.293. The Morgan fingerprint density at radius 2 is 2.11 bits per heavy atom. The van der Waals surface area contributed by atoms with Crippen LogP contribution in [0.15, 0.2) is 35.9 Å². The molecule has 1 aromatic carbocycles. The molecule has 0 saturated carbocycles. The summed E-state index contributed by atoms with van der Waals surface area (Å²) in [7, 11) is 0. The summed E-state index contributed by atoms with van der Waals surface area (Å²) in [6, 6.07) is 7.92. The Kier molecular flexibility index (Phi) is 3.65. The fourth-order valence-corrected chi connectivity index (χ4v) is 2.66. The molecule has 1 N–H and O–H groups in total. The first-order valence-corrected chi connectivity index (χ1v) is 7.05. The lowest BCUT2D eigenvalue weighted by molar-refractivity contribution is 0.862. The van der Waals surface area contributed by atoms with Gasteiger partial charge in [-0.05, 0) is 49.4 Å². The van der Waals surface area contributed by atoms with E-state index in [1.807, 2.05) is 24.3 Å². The molecule has 1 aliphatic carbocycles. The zero-order valence-corrected chi connectivity index (χ0v) is 11.5. The summed E-state index contributed by atoms with van der Waals surface area (Å²) in [5, 5.41) is 4.69. The lowest BCUT2D eigenvalue weighted by Crippen LogP contribution is -2.05. The molecule has 98 valence electrons. The van der Waals surface area contributed by atoms with Gasteiger partial charge in [-0.3, -0.25) is 0 Å². The van der Waals surface area contributed by atoms with Crippen LogP contribution in [-0.2, 0) is 0 Å². The van der Waals surface area contributed by atoms with Crippen LogP contribution in [0.25, 0.3) is 10.9 Å². The summed E-state index contributed by atoms with van der Waals surface area (Å²) < 4.78 is 0. The monoisotopic (exact) mass is 273 g/mol. The number of nitrogens with zero attached hydrogens (tertiary/aromatic N) is 2. The number of rotatable bonds is 4. The minimum Gasteiger partial charge on any atom is -0.369 e. The zero-order chi connectivity index (χ0) is 13.1. The Bertz CT molecular complexity index is 622. The first-order chi connectivity index (χ1) is 9.33. The molecule has 4 heteroatoms. The van der Waals surface area contributed by atoms with Gasteiger partial charge in [-0.1, -0.05) is 23.8 Å². The molecule has 3 rings (SSSR count). The maximum absolute atomic E-state index is 5.96. The average Bonchev–Trinajstić information content (AvgIpc) is 2.91. The first kappa shape index (κ1) is 12.4. The second-order valence-corrected chi connectivity index (χ2v) is 5.13. The number of anilines is 1. The Morgan fingerprint density at radius 1 is 1.21 bits per heavy atom. The third kappa shape index (κ3) is 2.87. The fourth-order valence-electron chi connectivity index (χ4n) is 2.49. The highest BCUT2D eigenvalue weighted by Gasteiger charge is 2.07. The number of fused-ring (bicyclic) bond motifs is 1. The highest BCUT2D eigenvalue weighted by Crippen LogP contribution is 2.23. The van der Waals surface area contributed by atoms with Crippen molar-refractivity contribution in [3.63, 3.8) is 0 Å². The van der Waals surface area contributed by atoms with Crippen LogP contribution >= 0.6 is 11.6 Å². The Hall–Kier alpha value is -1.61. The van der Waals surface area contributed by atoms with Gasteiger partial charge in [0.1, 0.15) is 5.82 Å². The molecule has 0 unspecified atom stereocenters. The Labute approximate surface area is 117 Å². The smallest absolute Gasteiger partial charge is 0.224 e. The van der Waals surface area contributed by atoms with Crippen molar-refractivity contribution in [2.45, 2.75) is 25.7 Å². The molecule has 0 bridgehead atoms. The first-order valence-electron chi connectivity index (χ1n) is 6.67. The van der Waals surface area contributed by atoms with E-state index in [0.717, 1.165) is 29.7 Å². The van der Waals surface area contributed by atoms with Crippen molar-refractivity contribution < 1.29 is 0 Å². The van der Waals surface area contributed by atoms with Crippen LogP contribution in [0.1, 0.15) is 25.7 Å². The molecule has 19 heavy (non-hydrogen) atoms. The molecule has 0 amide bonds. The summed E-state index contributed by atoms with van der Waals surface area (Å²) in [6.45, 7) is 0.892.